The number of primary amides is 1. The van der Waals surface area contributed by atoms with Gasteiger partial charge in [0.2, 0.25) is 5.91 Å². The third-order valence-corrected chi connectivity index (χ3v) is 5.12. The van der Waals surface area contributed by atoms with Crippen LogP contribution in [0.4, 0.5) is 0 Å². The lowest BCUT2D eigenvalue weighted by Gasteiger charge is -2.33. The molecule has 0 aromatic carbocycles. The van der Waals surface area contributed by atoms with Crippen LogP contribution in [0.3, 0.4) is 0 Å². The number of nitrogens with one attached hydrogen (secondary N) is 1. The van der Waals surface area contributed by atoms with Crippen molar-refractivity contribution in [2.75, 3.05) is 33.9 Å². The highest BCUT2D eigenvalue weighted by Gasteiger charge is 2.46. The summed E-state index contributed by atoms with van der Waals surface area (Å²) in [5, 5.41) is 3.22. The molecule has 0 saturated heterocycles. The molecule has 0 bridgehead atoms. The van der Waals surface area contributed by atoms with E-state index in [1.807, 2.05) is 7.05 Å². The minimum absolute atomic E-state index is 0.183. The van der Waals surface area contributed by atoms with Crippen molar-refractivity contribution in [3.8, 4) is 0 Å². The van der Waals surface area contributed by atoms with Gasteiger partial charge in [0.15, 0.2) is 0 Å². The van der Waals surface area contributed by atoms with Crippen molar-refractivity contribution in [2.45, 2.75) is 50.1 Å². The summed E-state index contributed by atoms with van der Waals surface area (Å²) in [5.74, 6) is 0.186. The van der Waals surface area contributed by atoms with Crippen molar-refractivity contribution in [1.29, 1.82) is 0 Å². The summed E-state index contributed by atoms with van der Waals surface area (Å²) >= 11 is 0. The third-order valence-electron chi connectivity index (χ3n) is 5.12. The maximum Gasteiger partial charge on any atom is 0.238 e. The summed E-state index contributed by atoms with van der Waals surface area (Å²) in [4.78, 5) is 14.4. The van der Waals surface area contributed by atoms with Gasteiger partial charge in [0.25, 0.3) is 0 Å². The molecule has 2 aliphatic carbocycles. The van der Waals surface area contributed by atoms with E-state index in [1.165, 1.54) is 12.8 Å². The van der Waals surface area contributed by atoms with Crippen LogP contribution in [-0.2, 0) is 9.53 Å². The predicted molar refractivity (Wildman–Crippen MR) is 79.4 cm³/mol. The average molecular weight is 283 g/mol. The lowest BCUT2D eigenvalue weighted by atomic mass is 9.84. The maximum atomic E-state index is 11.9. The fourth-order valence-corrected chi connectivity index (χ4v) is 3.69. The molecule has 0 heterocycles. The smallest absolute Gasteiger partial charge is 0.238 e. The number of hydrogen-bond acceptors (Lipinski definition) is 4. The maximum absolute atomic E-state index is 11.9. The molecule has 116 valence electrons. The normalized spacial score (nSPS) is 30.1. The molecule has 20 heavy (non-hydrogen) atoms. The second-order valence-corrected chi connectivity index (χ2v) is 6.22. The second-order valence-electron chi connectivity index (χ2n) is 6.22. The molecule has 1 amide bonds. The molecule has 2 atom stereocenters. The number of likely N-dealkylation sites (N-methyl/N-ethyl adjacent to an activating group) is 1. The first-order valence-corrected chi connectivity index (χ1v) is 7.86. The van der Waals surface area contributed by atoms with E-state index in [1.54, 1.807) is 7.11 Å². The first kappa shape index (κ1) is 15.7. The van der Waals surface area contributed by atoms with Crippen LogP contribution in [0.5, 0.6) is 0 Å². The van der Waals surface area contributed by atoms with Crippen LogP contribution in [0.2, 0.25) is 0 Å². The van der Waals surface area contributed by atoms with Crippen molar-refractivity contribution < 1.29 is 9.53 Å². The zero-order chi connectivity index (χ0) is 14.6. The van der Waals surface area contributed by atoms with Gasteiger partial charge in [0, 0.05) is 19.7 Å². The topological polar surface area (TPSA) is 67.6 Å². The van der Waals surface area contributed by atoms with Gasteiger partial charge in [-0.05, 0) is 51.6 Å². The highest BCUT2D eigenvalue weighted by atomic mass is 16.5. The predicted octanol–water partition coefficient (Wildman–Crippen LogP) is 0.731. The van der Waals surface area contributed by atoms with Gasteiger partial charge in [-0.2, -0.15) is 0 Å². The van der Waals surface area contributed by atoms with Crippen LogP contribution >= 0.6 is 0 Å². The van der Waals surface area contributed by atoms with Gasteiger partial charge in [-0.25, -0.2) is 0 Å². The summed E-state index contributed by atoms with van der Waals surface area (Å²) < 4.78 is 5.19. The number of methoxy groups -OCH3 is 1. The Morgan fingerprint density at radius 3 is 2.70 bits per heavy atom. The van der Waals surface area contributed by atoms with E-state index >= 15 is 0 Å². The molecule has 2 saturated carbocycles. The van der Waals surface area contributed by atoms with E-state index < -0.39 is 5.54 Å². The van der Waals surface area contributed by atoms with Crippen molar-refractivity contribution in [3.63, 3.8) is 0 Å². The molecule has 2 fully saturated rings. The van der Waals surface area contributed by atoms with Gasteiger partial charge in [-0.15, -0.1) is 0 Å². The van der Waals surface area contributed by atoms with Crippen LogP contribution in [0.15, 0.2) is 0 Å². The summed E-state index contributed by atoms with van der Waals surface area (Å²) in [6.45, 7) is 2.83. The molecule has 0 radical (unpaired) electrons. The lowest BCUT2D eigenvalue weighted by Crippen LogP contribution is -2.57. The number of amides is 1. The molecule has 0 spiro atoms. The van der Waals surface area contributed by atoms with Gasteiger partial charge in [0.1, 0.15) is 5.54 Å². The fraction of sp³-hybridized carbons (Fsp3) is 0.933. The quantitative estimate of drug-likeness (QED) is 0.655. The Morgan fingerprint density at radius 1 is 1.40 bits per heavy atom. The molecule has 3 N–H and O–H groups in total. The zero-order valence-corrected chi connectivity index (χ0v) is 12.9. The SMILES string of the molecule is CNC1(C(N)=O)CCCC1CCN(CCOC)C1CC1. The average Bonchev–Trinajstić information content (AvgIpc) is 3.18. The van der Waals surface area contributed by atoms with Gasteiger partial charge in [-0.1, -0.05) is 6.42 Å². The summed E-state index contributed by atoms with van der Waals surface area (Å²) in [7, 11) is 3.62. The minimum atomic E-state index is -0.476. The monoisotopic (exact) mass is 283 g/mol. The summed E-state index contributed by atoms with van der Waals surface area (Å²) in [6, 6.07) is 0.740. The standard InChI is InChI=1S/C15H29N3O2/c1-17-15(14(16)19)8-3-4-12(15)7-9-18(10-11-20-2)13-5-6-13/h12-13,17H,3-11H2,1-2H3,(H2,16,19). The number of nitrogens with zero attached hydrogens (tertiary/aromatic N) is 1. The highest BCUT2D eigenvalue weighted by Crippen LogP contribution is 2.38. The van der Waals surface area contributed by atoms with E-state index in [0.29, 0.717) is 5.92 Å². The molecule has 5 heteroatoms. The van der Waals surface area contributed by atoms with Crippen LogP contribution in [-0.4, -0.2) is 56.2 Å². The van der Waals surface area contributed by atoms with Gasteiger partial charge >= 0.3 is 0 Å². The lowest BCUT2D eigenvalue weighted by molar-refractivity contribution is -0.125. The number of rotatable bonds is 9. The molecule has 2 unspecified atom stereocenters. The fourth-order valence-electron chi connectivity index (χ4n) is 3.69. The Balaban J connectivity index is 1.89. The van der Waals surface area contributed by atoms with Gasteiger partial charge < -0.3 is 15.8 Å². The summed E-state index contributed by atoms with van der Waals surface area (Å²) in [5.41, 5.74) is 5.18. The van der Waals surface area contributed by atoms with Gasteiger partial charge in [-0.3, -0.25) is 9.69 Å². The number of nitrogens with two attached hydrogens (primary N) is 1. The molecule has 2 aliphatic rings. The van der Waals surface area contributed by atoms with E-state index in [4.69, 9.17) is 10.5 Å². The van der Waals surface area contributed by atoms with Crippen molar-refractivity contribution >= 4 is 5.91 Å². The molecule has 2 rings (SSSR count). The van der Waals surface area contributed by atoms with Crippen LogP contribution < -0.4 is 11.1 Å². The zero-order valence-electron chi connectivity index (χ0n) is 12.9. The molecule has 0 aromatic heterocycles. The van der Waals surface area contributed by atoms with Crippen LogP contribution in [0.1, 0.15) is 38.5 Å². The van der Waals surface area contributed by atoms with E-state index in [-0.39, 0.29) is 5.91 Å². The Hall–Kier alpha value is -0.650. The molecular formula is C15H29N3O2. The van der Waals surface area contributed by atoms with Gasteiger partial charge in [0.05, 0.1) is 6.61 Å². The first-order valence-electron chi connectivity index (χ1n) is 7.86. The molecule has 0 aliphatic heterocycles. The van der Waals surface area contributed by atoms with E-state index in [9.17, 15) is 4.79 Å². The number of hydrogen-bond donors (Lipinski definition) is 2. The number of carbonyl (C=O) groups excluding carboxylic acids is 1. The molecule has 5 nitrogen and oxygen atoms in total. The first-order chi connectivity index (χ1) is 9.64. The van der Waals surface area contributed by atoms with Crippen LogP contribution in [0.25, 0.3) is 0 Å². The largest absolute Gasteiger partial charge is 0.383 e. The Labute approximate surface area is 122 Å². The number of ether oxygens (including phenoxy) is 1. The van der Waals surface area contributed by atoms with Crippen molar-refractivity contribution in [3.05, 3.63) is 0 Å². The Morgan fingerprint density at radius 2 is 2.15 bits per heavy atom. The third kappa shape index (κ3) is 3.32. The van der Waals surface area contributed by atoms with Crippen LogP contribution in [0, 0.1) is 5.92 Å². The van der Waals surface area contributed by atoms with Crippen molar-refractivity contribution in [2.24, 2.45) is 11.7 Å². The van der Waals surface area contributed by atoms with Crippen molar-refractivity contribution in [1.82, 2.24) is 10.2 Å². The number of carbonyl (C=O) groups is 1. The minimum Gasteiger partial charge on any atom is -0.383 e. The van der Waals surface area contributed by atoms with E-state index in [2.05, 4.69) is 10.2 Å². The molecule has 0 aromatic rings. The highest BCUT2D eigenvalue weighted by molar-refractivity contribution is 5.85. The second kappa shape index (κ2) is 6.87. The Kier molecular flexibility index (Phi) is 5.41. The molecular weight excluding hydrogens is 254 g/mol. The Bertz CT molecular complexity index is 333. The van der Waals surface area contributed by atoms with E-state index in [0.717, 1.165) is 51.4 Å². The summed E-state index contributed by atoms with van der Waals surface area (Å²) in [6.07, 6.45) is 6.74.